The lowest BCUT2D eigenvalue weighted by atomic mass is 9.93. The highest BCUT2D eigenvalue weighted by Crippen LogP contribution is 2.25. The van der Waals surface area contributed by atoms with Crippen molar-refractivity contribution in [1.82, 2.24) is 4.90 Å². The molecule has 0 spiro atoms. The summed E-state index contributed by atoms with van der Waals surface area (Å²) in [6, 6.07) is 6.02. The number of carbonyl (C=O) groups excluding carboxylic acids is 2. The fraction of sp³-hybridized carbons (Fsp3) is 0.444. The Hall–Kier alpha value is -2.30. The molecule has 0 unspecified atom stereocenters. The molecule has 1 saturated heterocycles. The second kappa shape index (κ2) is 6.44. The van der Waals surface area contributed by atoms with E-state index in [1.807, 2.05) is 30.0 Å². The van der Waals surface area contributed by atoms with Crippen LogP contribution in [-0.4, -0.2) is 29.8 Å². The van der Waals surface area contributed by atoms with Gasteiger partial charge in [0.2, 0.25) is 11.8 Å². The maximum Gasteiger partial charge on any atom is 0.227 e. The number of carbonyl (C=O) groups is 2. The summed E-state index contributed by atoms with van der Waals surface area (Å²) < 4.78 is 5.56. The number of amides is 2. The molecule has 0 aliphatic carbocycles. The van der Waals surface area contributed by atoms with Gasteiger partial charge in [0.1, 0.15) is 5.58 Å². The summed E-state index contributed by atoms with van der Waals surface area (Å²) in [5, 5.41) is 1.01. The number of hydrogen-bond donors (Lipinski definition) is 1. The highest BCUT2D eigenvalue weighted by atomic mass is 16.3. The summed E-state index contributed by atoms with van der Waals surface area (Å²) in [6.07, 6.45) is 4.16. The molecule has 1 aromatic heterocycles. The van der Waals surface area contributed by atoms with Crippen molar-refractivity contribution in [2.24, 2.45) is 11.7 Å². The van der Waals surface area contributed by atoms with Gasteiger partial charge in [-0.3, -0.25) is 9.59 Å². The van der Waals surface area contributed by atoms with Crippen molar-refractivity contribution in [2.75, 3.05) is 13.1 Å². The zero-order chi connectivity index (χ0) is 16.4. The number of likely N-dealkylation sites (tertiary alicyclic amines) is 1. The lowest BCUT2D eigenvalue weighted by Gasteiger charge is -2.31. The van der Waals surface area contributed by atoms with Crippen LogP contribution in [-0.2, 0) is 16.0 Å². The molecule has 1 aliphatic rings. The number of piperidine rings is 1. The Morgan fingerprint density at radius 2 is 2.04 bits per heavy atom. The molecule has 2 heterocycles. The zero-order valence-corrected chi connectivity index (χ0v) is 13.4. The predicted octanol–water partition coefficient (Wildman–Crippen LogP) is 2.40. The van der Waals surface area contributed by atoms with E-state index in [1.165, 1.54) is 0 Å². The Bertz CT molecular complexity index is 727. The largest absolute Gasteiger partial charge is 0.464 e. The number of benzene rings is 1. The van der Waals surface area contributed by atoms with Gasteiger partial charge in [-0.15, -0.1) is 0 Å². The lowest BCUT2D eigenvalue weighted by Crippen LogP contribution is -2.40. The number of primary amides is 1. The van der Waals surface area contributed by atoms with Crippen LogP contribution in [0.15, 0.2) is 28.9 Å². The molecule has 0 radical (unpaired) electrons. The molecule has 1 aliphatic heterocycles. The normalized spacial score (nSPS) is 16.0. The second-order valence-electron chi connectivity index (χ2n) is 6.43. The van der Waals surface area contributed by atoms with E-state index in [1.54, 1.807) is 6.26 Å². The third kappa shape index (κ3) is 3.55. The van der Waals surface area contributed by atoms with Gasteiger partial charge in [-0.1, -0.05) is 12.1 Å². The lowest BCUT2D eigenvalue weighted by molar-refractivity contribution is -0.131. The summed E-state index contributed by atoms with van der Waals surface area (Å²) in [6.45, 7) is 3.42. The average Bonchev–Trinajstić information content (AvgIpc) is 2.89. The van der Waals surface area contributed by atoms with E-state index in [0.29, 0.717) is 31.8 Å². The van der Waals surface area contributed by atoms with Crippen molar-refractivity contribution in [3.8, 4) is 0 Å². The molecule has 2 amide bonds. The molecule has 2 aromatic rings. The van der Waals surface area contributed by atoms with Crippen molar-refractivity contribution >= 4 is 22.8 Å². The third-order valence-corrected chi connectivity index (χ3v) is 4.61. The van der Waals surface area contributed by atoms with Crippen molar-refractivity contribution in [3.63, 3.8) is 0 Å². The Balaban J connectivity index is 1.62. The van der Waals surface area contributed by atoms with Gasteiger partial charge >= 0.3 is 0 Å². The number of fused-ring (bicyclic) bond motifs is 1. The Kier molecular flexibility index (Phi) is 4.37. The van der Waals surface area contributed by atoms with Gasteiger partial charge in [0.15, 0.2) is 0 Å². The minimum absolute atomic E-state index is 0.116. The van der Waals surface area contributed by atoms with Gasteiger partial charge in [0.05, 0.1) is 12.7 Å². The molecule has 5 heteroatoms. The zero-order valence-electron chi connectivity index (χ0n) is 13.4. The molecule has 2 N–H and O–H groups in total. The van der Waals surface area contributed by atoms with Crippen molar-refractivity contribution in [2.45, 2.75) is 32.6 Å². The van der Waals surface area contributed by atoms with Crippen LogP contribution in [0.25, 0.3) is 11.0 Å². The van der Waals surface area contributed by atoms with Crippen LogP contribution in [0.4, 0.5) is 0 Å². The van der Waals surface area contributed by atoms with Gasteiger partial charge in [-0.2, -0.15) is 0 Å². The van der Waals surface area contributed by atoms with Crippen molar-refractivity contribution in [1.29, 1.82) is 0 Å². The molecule has 1 aromatic carbocycles. The SMILES string of the molecule is Cc1ccc2c(CC(=O)N3CCC(CC(N)=O)CC3)coc2c1. The molecular formula is C18H22N2O3. The number of rotatable bonds is 4. The van der Waals surface area contributed by atoms with Crippen LogP contribution in [0.3, 0.4) is 0 Å². The van der Waals surface area contributed by atoms with Crippen LogP contribution in [0, 0.1) is 12.8 Å². The first-order chi connectivity index (χ1) is 11.0. The van der Waals surface area contributed by atoms with Crippen molar-refractivity contribution < 1.29 is 14.0 Å². The first kappa shape index (κ1) is 15.6. The summed E-state index contributed by atoms with van der Waals surface area (Å²) in [4.78, 5) is 25.4. The molecule has 0 saturated carbocycles. The van der Waals surface area contributed by atoms with Gasteiger partial charge in [-0.25, -0.2) is 0 Å². The summed E-state index contributed by atoms with van der Waals surface area (Å²) >= 11 is 0. The first-order valence-electron chi connectivity index (χ1n) is 8.05. The van der Waals surface area contributed by atoms with Gasteiger partial charge in [0.25, 0.3) is 0 Å². The van der Waals surface area contributed by atoms with Crippen LogP contribution in [0.2, 0.25) is 0 Å². The van der Waals surface area contributed by atoms with Crippen LogP contribution in [0.5, 0.6) is 0 Å². The van der Waals surface area contributed by atoms with Crippen LogP contribution >= 0.6 is 0 Å². The van der Waals surface area contributed by atoms with Gasteiger partial charge in [0, 0.05) is 30.5 Å². The van der Waals surface area contributed by atoms with E-state index >= 15 is 0 Å². The molecule has 122 valence electrons. The summed E-state index contributed by atoms with van der Waals surface area (Å²) in [7, 11) is 0. The van der Waals surface area contributed by atoms with E-state index in [9.17, 15) is 9.59 Å². The predicted molar refractivity (Wildman–Crippen MR) is 87.8 cm³/mol. The molecule has 1 fully saturated rings. The quantitative estimate of drug-likeness (QED) is 0.941. The van der Waals surface area contributed by atoms with E-state index in [-0.39, 0.29) is 11.8 Å². The molecule has 3 rings (SSSR count). The maximum absolute atomic E-state index is 12.5. The van der Waals surface area contributed by atoms with E-state index in [0.717, 1.165) is 34.9 Å². The van der Waals surface area contributed by atoms with Crippen LogP contribution in [0.1, 0.15) is 30.4 Å². The number of aryl methyl sites for hydroxylation is 1. The fourth-order valence-corrected chi connectivity index (χ4v) is 3.27. The number of nitrogens with two attached hydrogens (primary N) is 1. The maximum atomic E-state index is 12.5. The summed E-state index contributed by atoms with van der Waals surface area (Å²) in [5.74, 6) is 0.176. The standard InChI is InChI=1S/C18H22N2O3/c1-12-2-3-15-14(11-23-16(15)8-12)10-18(22)20-6-4-13(5-7-20)9-17(19)21/h2-3,8,11,13H,4-7,9-10H2,1H3,(H2,19,21). The smallest absolute Gasteiger partial charge is 0.227 e. The highest BCUT2D eigenvalue weighted by Gasteiger charge is 2.24. The minimum atomic E-state index is -0.255. The summed E-state index contributed by atoms with van der Waals surface area (Å²) in [5.41, 5.74) is 8.14. The number of hydrogen-bond acceptors (Lipinski definition) is 3. The molecule has 0 bridgehead atoms. The monoisotopic (exact) mass is 314 g/mol. The average molecular weight is 314 g/mol. The van der Waals surface area contributed by atoms with Crippen LogP contribution < -0.4 is 5.73 Å². The molecule has 23 heavy (non-hydrogen) atoms. The Morgan fingerprint density at radius 3 is 2.74 bits per heavy atom. The van der Waals surface area contributed by atoms with Gasteiger partial charge in [-0.05, 0) is 37.3 Å². The van der Waals surface area contributed by atoms with Crippen molar-refractivity contribution in [3.05, 3.63) is 35.6 Å². The molecule has 0 atom stereocenters. The fourth-order valence-electron chi connectivity index (χ4n) is 3.27. The molecule has 5 nitrogen and oxygen atoms in total. The van der Waals surface area contributed by atoms with E-state index in [4.69, 9.17) is 10.2 Å². The Labute approximate surface area is 135 Å². The molecular weight excluding hydrogens is 292 g/mol. The van der Waals surface area contributed by atoms with E-state index in [2.05, 4.69) is 0 Å². The van der Waals surface area contributed by atoms with Gasteiger partial charge < -0.3 is 15.1 Å². The van der Waals surface area contributed by atoms with E-state index < -0.39 is 0 Å². The highest BCUT2D eigenvalue weighted by molar-refractivity contribution is 5.88. The Morgan fingerprint density at radius 1 is 1.30 bits per heavy atom. The minimum Gasteiger partial charge on any atom is -0.464 e. The second-order valence-corrected chi connectivity index (χ2v) is 6.43. The topological polar surface area (TPSA) is 76.5 Å². The number of nitrogens with zero attached hydrogens (tertiary/aromatic N) is 1. The number of furan rings is 1. The third-order valence-electron chi connectivity index (χ3n) is 4.61. The first-order valence-corrected chi connectivity index (χ1v) is 8.05.